The van der Waals surface area contributed by atoms with Gasteiger partial charge in [0.1, 0.15) is 50.2 Å². The Bertz CT molecular complexity index is 2520. The van der Waals surface area contributed by atoms with E-state index in [1.54, 1.807) is 99.6 Å². The molecule has 366 valence electrons. The number of benzene rings is 5. The van der Waals surface area contributed by atoms with Crippen LogP contribution in [0.1, 0.15) is 93.0 Å². The van der Waals surface area contributed by atoms with Crippen molar-refractivity contribution in [2.45, 2.75) is 109 Å². The van der Waals surface area contributed by atoms with E-state index in [1.807, 2.05) is 60.7 Å². The van der Waals surface area contributed by atoms with E-state index < -0.39 is 71.9 Å². The van der Waals surface area contributed by atoms with E-state index in [4.69, 9.17) is 23.7 Å². The van der Waals surface area contributed by atoms with Crippen LogP contribution in [0.25, 0.3) is 11.1 Å². The lowest BCUT2D eigenvalue weighted by molar-refractivity contribution is -0.157. The molecule has 15 heteroatoms. The minimum atomic E-state index is -1.42. The lowest BCUT2D eigenvalue weighted by Crippen LogP contribution is -2.52. The van der Waals surface area contributed by atoms with Crippen molar-refractivity contribution in [1.29, 1.82) is 0 Å². The van der Waals surface area contributed by atoms with E-state index in [0.717, 1.165) is 33.4 Å². The van der Waals surface area contributed by atoms with Crippen molar-refractivity contribution in [3.63, 3.8) is 0 Å². The standard InChI is InChI=1S/C55H59N3O12/c1-55(2,3)70-53(64)47(58-54(65)69-36-44-42-25-15-13-23-40(42)41-24-14-16-26-43(41)44)27-30-48(59)56-45(28-31-49(60)66-33-37-17-7-4-8-18-37)51(62)57-46(52(63)68-35-39-21-11-6-12-22-39)29-32-50(61)67-34-38-19-9-5-10-20-38/h4-26,44-47H,27-36H2,1-3H3,(H,56,59)(H,57,62)(H,58,65). The first-order valence-electron chi connectivity index (χ1n) is 23.3. The lowest BCUT2D eigenvalue weighted by Gasteiger charge is -2.25. The quantitative estimate of drug-likeness (QED) is 0.0425. The average Bonchev–Trinajstić information content (AvgIpc) is 3.68. The Hall–Kier alpha value is -7.81. The summed E-state index contributed by atoms with van der Waals surface area (Å²) in [4.78, 5) is 94.3. The van der Waals surface area contributed by atoms with Gasteiger partial charge in [-0.3, -0.25) is 19.2 Å². The molecule has 0 saturated carbocycles. The average molecular weight is 954 g/mol. The van der Waals surface area contributed by atoms with Crippen molar-refractivity contribution in [2.24, 2.45) is 0 Å². The van der Waals surface area contributed by atoms with Crippen molar-refractivity contribution >= 4 is 41.8 Å². The van der Waals surface area contributed by atoms with E-state index in [9.17, 15) is 33.6 Å². The van der Waals surface area contributed by atoms with E-state index in [0.29, 0.717) is 5.56 Å². The van der Waals surface area contributed by atoms with E-state index >= 15 is 0 Å². The summed E-state index contributed by atoms with van der Waals surface area (Å²) in [6.45, 7) is 4.81. The van der Waals surface area contributed by atoms with Crippen LogP contribution in [-0.2, 0) is 72.3 Å². The number of hydrogen-bond acceptors (Lipinski definition) is 12. The molecule has 5 aromatic rings. The van der Waals surface area contributed by atoms with E-state index in [-0.39, 0.29) is 64.4 Å². The van der Waals surface area contributed by atoms with Crippen molar-refractivity contribution in [1.82, 2.24) is 16.0 Å². The van der Waals surface area contributed by atoms with Crippen LogP contribution in [-0.4, -0.2) is 72.1 Å². The van der Waals surface area contributed by atoms with Gasteiger partial charge in [-0.05, 0) is 79.0 Å². The molecule has 0 radical (unpaired) electrons. The van der Waals surface area contributed by atoms with Crippen molar-refractivity contribution in [2.75, 3.05) is 6.61 Å². The number of hydrogen-bond donors (Lipinski definition) is 3. The Kier molecular flexibility index (Phi) is 18.8. The van der Waals surface area contributed by atoms with Gasteiger partial charge in [0.05, 0.1) is 0 Å². The van der Waals surface area contributed by atoms with Crippen LogP contribution in [0.4, 0.5) is 4.79 Å². The predicted molar refractivity (Wildman–Crippen MR) is 258 cm³/mol. The van der Waals surface area contributed by atoms with Crippen LogP contribution in [0.3, 0.4) is 0 Å². The van der Waals surface area contributed by atoms with Crippen LogP contribution in [0.15, 0.2) is 140 Å². The lowest BCUT2D eigenvalue weighted by atomic mass is 9.98. The minimum Gasteiger partial charge on any atom is -0.461 e. The van der Waals surface area contributed by atoms with Gasteiger partial charge in [0.2, 0.25) is 11.8 Å². The van der Waals surface area contributed by atoms with Gasteiger partial charge in [0.25, 0.3) is 0 Å². The van der Waals surface area contributed by atoms with E-state index in [1.165, 1.54) is 0 Å². The molecule has 3 atom stereocenters. The third kappa shape index (κ3) is 16.2. The van der Waals surface area contributed by atoms with Gasteiger partial charge < -0.3 is 39.6 Å². The molecule has 1 aliphatic carbocycles. The predicted octanol–water partition coefficient (Wildman–Crippen LogP) is 7.78. The first kappa shape index (κ1) is 51.6. The van der Waals surface area contributed by atoms with Gasteiger partial charge in [-0.1, -0.05) is 140 Å². The summed E-state index contributed by atoms with van der Waals surface area (Å²) in [5.74, 6) is -4.79. The molecule has 0 bridgehead atoms. The molecule has 3 N–H and O–H groups in total. The summed E-state index contributed by atoms with van der Waals surface area (Å²) in [7, 11) is 0. The van der Waals surface area contributed by atoms with Gasteiger partial charge in [0.15, 0.2) is 0 Å². The number of esters is 4. The number of ether oxygens (including phenoxy) is 5. The maximum atomic E-state index is 14.1. The number of carbonyl (C=O) groups excluding carboxylic acids is 7. The summed E-state index contributed by atoms with van der Waals surface area (Å²) in [6, 6.07) is 38.4. The van der Waals surface area contributed by atoms with Crippen LogP contribution >= 0.6 is 0 Å². The molecule has 0 aromatic heterocycles. The molecular weight excluding hydrogens is 895 g/mol. The highest BCUT2D eigenvalue weighted by atomic mass is 16.6. The van der Waals surface area contributed by atoms with Crippen molar-refractivity contribution in [3.05, 3.63) is 167 Å². The van der Waals surface area contributed by atoms with Gasteiger partial charge in [0, 0.05) is 25.2 Å². The molecule has 15 nitrogen and oxygen atoms in total. The molecule has 0 aliphatic heterocycles. The fraction of sp³-hybridized carbons (Fsp3) is 0.327. The van der Waals surface area contributed by atoms with Gasteiger partial charge in [-0.15, -0.1) is 0 Å². The second-order valence-corrected chi connectivity index (χ2v) is 17.7. The highest BCUT2D eigenvalue weighted by Crippen LogP contribution is 2.44. The number of fused-ring (bicyclic) bond motifs is 3. The van der Waals surface area contributed by atoms with Crippen molar-refractivity contribution < 1.29 is 57.2 Å². The smallest absolute Gasteiger partial charge is 0.407 e. The van der Waals surface area contributed by atoms with E-state index in [2.05, 4.69) is 16.0 Å². The molecule has 0 spiro atoms. The van der Waals surface area contributed by atoms with Gasteiger partial charge in [-0.25, -0.2) is 14.4 Å². The molecule has 1 aliphatic rings. The number of carbonyl (C=O) groups is 7. The third-order valence-corrected chi connectivity index (χ3v) is 11.2. The summed E-state index contributed by atoms with van der Waals surface area (Å²) in [5, 5.41) is 7.82. The molecule has 3 unspecified atom stereocenters. The van der Waals surface area contributed by atoms with Gasteiger partial charge in [-0.2, -0.15) is 0 Å². The minimum absolute atomic E-state index is 0.000371. The molecule has 0 heterocycles. The maximum Gasteiger partial charge on any atom is 0.407 e. The monoisotopic (exact) mass is 953 g/mol. The maximum absolute atomic E-state index is 14.1. The summed E-state index contributed by atoms with van der Waals surface area (Å²) in [5.41, 5.74) is 5.31. The number of nitrogens with one attached hydrogen (secondary N) is 3. The molecule has 3 amide bonds. The largest absolute Gasteiger partial charge is 0.461 e. The highest BCUT2D eigenvalue weighted by molar-refractivity contribution is 5.91. The Morgan fingerprint density at radius 3 is 1.40 bits per heavy atom. The molecule has 6 rings (SSSR count). The molecule has 0 saturated heterocycles. The Morgan fingerprint density at radius 1 is 0.471 bits per heavy atom. The van der Waals surface area contributed by atoms with Crippen LogP contribution in [0.5, 0.6) is 0 Å². The number of amides is 3. The third-order valence-electron chi connectivity index (χ3n) is 11.2. The second-order valence-electron chi connectivity index (χ2n) is 17.7. The Balaban J connectivity index is 1.13. The summed E-state index contributed by atoms with van der Waals surface area (Å²) in [6.07, 6.45) is -2.63. The molecule has 5 aromatic carbocycles. The fourth-order valence-electron chi connectivity index (χ4n) is 7.71. The second kappa shape index (κ2) is 25.5. The fourth-order valence-corrected chi connectivity index (χ4v) is 7.71. The van der Waals surface area contributed by atoms with Crippen LogP contribution in [0, 0.1) is 0 Å². The molecular formula is C55H59N3O12. The zero-order valence-corrected chi connectivity index (χ0v) is 39.6. The zero-order chi connectivity index (χ0) is 49.9. The first-order valence-corrected chi connectivity index (χ1v) is 23.3. The highest BCUT2D eigenvalue weighted by Gasteiger charge is 2.33. The van der Waals surface area contributed by atoms with Crippen LogP contribution < -0.4 is 16.0 Å². The SMILES string of the molecule is CC(C)(C)OC(=O)C(CCC(=O)NC(CCC(=O)OCc1ccccc1)C(=O)NC(CCC(=O)OCc1ccccc1)C(=O)OCc1ccccc1)NC(=O)OCC1c2ccccc2-c2ccccc21. The van der Waals surface area contributed by atoms with Crippen LogP contribution in [0.2, 0.25) is 0 Å². The number of rotatable bonds is 23. The number of alkyl carbamates (subject to hydrolysis) is 1. The van der Waals surface area contributed by atoms with Gasteiger partial charge >= 0.3 is 30.0 Å². The Morgan fingerprint density at radius 2 is 0.900 bits per heavy atom. The first-order chi connectivity index (χ1) is 33.7. The molecule has 70 heavy (non-hydrogen) atoms. The summed E-state index contributed by atoms with van der Waals surface area (Å²) < 4.78 is 27.7. The zero-order valence-electron chi connectivity index (χ0n) is 39.6. The Labute approximate surface area is 407 Å². The summed E-state index contributed by atoms with van der Waals surface area (Å²) >= 11 is 0. The van der Waals surface area contributed by atoms with Crippen molar-refractivity contribution in [3.8, 4) is 11.1 Å². The topological polar surface area (TPSA) is 202 Å². The normalized spacial score (nSPS) is 13.0. The molecule has 0 fully saturated rings.